The number of alkyl halides is 3. The van der Waals surface area contributed by atoms with Crippen molar-refractivity contribution in [3.8, 4) is 0 Å². The number of rotatable bonds is 7. The second-order valence-corrected chi connectivity index (χ2v) is 10.6. The van der Waals surface area contributed by atoms with Crippen molar-refractivity contribution in [1.29, 1.82) is 0 Å². The molecule has 196 valence electrons. The molecular weight excluding hydrogens is 507 g/mol. The summed E-state index contributed by atoms with van der Waals surface area (Å²) in [6.45, 7) is 4.72. The van der Waals surface area contributed by atoms with Crippen LogP contribution in [0.4, 0.5) is 18.9 Å². The fourth-order valence-electron chi connectivity index (χ4n) is 5.30. The average Bonchev–Trinajstić information content (AvgIpc) is 3.23. The van der Waals surface area contributed by atoms with Crippen molar-refractivity contribution in [2.45, 2.75) is 57.8 Å². The summed E-state index contributed by atoms with van der Waals surface area (Å²) in [5.74, 6) is 0.541. The zero-order valence-electron chi connectivity index (χ0n) is 20.6. The topological polar surface area (TPSA) is 71.3 Å². The highest BCUT2D eigenvalue weighted by Gasteiger charge is 2.59. The van der Waals surface area contributed by atoms with E-state index in [2.05, 4.69) is 9.97 Å². The van der Waals surface area contributed by atoms with E-state index in [1.165, 1.54) is 0 Å². The zero-order valence-corrected chi connectivity index (χ0v) is 21.3. The minimum absolute atomic E-state index is 0.0266. The van der Waals surface area contributed by atoms with E-state index in [1.807, 2.05) is 38.1 Å². The highest BCUT2D eigenvalue weighted by atomic mass is 35.5. The Morgan fingerprint density at radius 2 is 1.86 bits per heavy atom. The van der Waals surface area contributed by atoms with Crippen LogP contribution in [0.15, 0.2) is 36.4 Å². The number of hydrogen-bond donors (Lipinski definition) is 0. The monoisotopic (exact) mass is 533 g/mol. The second kappa shape index (κ2) is 9.31. The molecule has 37 heavy (non-hydrogen) atoms. The zero-order chi connectivity index (χ0) is 26.5. The lowest BCUT2D eigenvalue weighted by Gasteiger charge is -2.47. The Morgan fingerprint density at radius 3 is 2.57 bits per heavy atom. The van der Waals surface area contributed by atoms with E-state index in [0.717, 1.165) is 11.3 Å². The first-order valence-electron chi connectivity index (χ1n) is 12.3. The van der Waals surface area contributed by atoms with Crippen LogP contribution in [0.25, 0.3) is 11.2 Å². The molecule has 4 heterocycles. The van der Waals surface area contributed by atoms with Gasteiger partial charge in [-0.15, -0.1) is 0 Å². The van der Waals surface area contributed by atoms with E-state index >= 15 is 0 Å². The third-order valence-corrected chi connectivity index (χ3v) is 7.23. The van der Waals surface area contributed by atoms with Gasteiger partial charge >= 0.3 is 6.18 Å². The van der Waals surface area contributed by atoms with Gasteiger partial charge in [0.2, 0.25) is 11.8 Å². The van der Waals surface area contributed by atoms with Crippen molar-refractivity contribution in [3.63, 3.8) is 0 Å². The molecule has 0 atom stereocenters. The molecule has 0 N–H and O–H groups in total. The number of pyridine rings is 1. The Balaban J connectivity index is 1.45. The molecule has 0 saturated carbocycles. The number of imidazole rings is 1. The number of halogens is 4. The molecule has 2 aliphatic rings. The van der Waals surface area contributed by atoms with Crippen LogP contribution in [0.2, 0.25) is 5.15 Å². The Kier molecular flexibility index (Phi) is 6.42. The van der Waals surface area contributed by atoms with E-state index in [9.17, 15) is 22.8 Å². The van der Waals surface area contributed by atoms with E-state index in [4.69, 9.17) is 11.6 Å². The molecule has 1 saturated heterocycles. The molecule has 11 heteroatoms. The standard InChI is InChI=1S/C26H27ClF3N5O2/c1-16(2)12-22(36)33-14-25(15-33)17-6-3-4-7-18(17)35(24(25)37)13-21-32-23-19(8-9-20(27)31-23)34(21)11-5-10-26(28,29)30/h3-4,6-9,16H,5,10-15H2,1-2H3. The number of aromatic nitrogens is 3. The van der Waals surface area contributed by atoms with Crippen LogP contribution < -0.4 is 4.90 Å². The summed E-state index contributed by atoms with van der Waals surface area (Å²) in [7, 11) is 0. The summed E-state index contributed by atoms with van der Waals surface area (Å²) in [5.41, 5.74) is 1.64. The van der Waals surface area contributed by atoms with Gasteiger partial charge in [0.15, 0.2) is 5.65 Å². The third kappa shape index (κ3) is 4.67. The first kappa shape index (κ1) is 25.5. The largest absolute Gasteiger partial charge is 0.389 e. The lowest BCUT2D eigenvalue weighted by molar-refractivity contribution is -0.144. The van der Waals surface area contributed by atoms with Gasteiger partial charge in [-0.1, -0.05) is 43.6 Å². The smallest absolute Gasteiger partial charge is 0.340 e. The predicted octanol–water partition coefficient (Wildman–Crippen LogP) is 5.10. The molecule has 0 radical (unpaired) electrons. The van der Waals surface area contributed by atoms with Crippen LogP contribution in [0.5, 0.6) is 0 Å². The number of para-hydroxylation sites is 1. The summed E-state index contributed by atoms with van der Waals surface area (Å²) in [6.07, 6.45) is -4.90. The quantitative estimate of drug-likeness (QED) is 0.396. The van der Waals surface area contributed by atoms with Crippen LogP contribution in [0.1, 0.15) is 44.5 Å². The predicted molar refractivity (Wildman–Crippen MR) is 133 cm³/mol. The van der Waals surface area contributed by atoms with Crippen LogP contribution in [-0.2, 0) is 28.1 Å². The normalized spacial score (nSPS) is 16.7. The molecule has 2 amide bonds. The molecule has 0 bridgehead atoms. The number of aryl methyl sites for hydroxylation is 1. The molecule has 0 aliphatic carbocycles. The van der Waals surface area contributed by atoms with Gasteiger partial charge < -0.3 is 14.4 Å². The van der Waals surface area contributed by atoms with E-state index in [-0.39, 0.29) is 42.4 Å². The summed E-state index contributed by atoms with van der Waals surface area (Å²) in [4.78, 5) is 38.6. The van der Waals surface area contributed by atoms with Gasteiger partial charge in [0, 0.05) is 38.2 Å². The van der Waals surface area contributed by atoms with Crippen molar-refractivity contribution in [2.75, 3.05) is 18.0 Å². The van der Waals surface area contributed by atoms with Crippen molar-refractivity contribution in [2.24, 2.45) is 5.92 Å². The number of carbonyl (C=O) groups is 2. The first-order chi connectivity index (χ1) is 17.5. The number of anilines is 1. The van der Waals surface area contributed by atoms with Crippen molar-refractivity contribution in [3.05, 3.63) is 52.9 Å². The molecule has 2 aromatic heterocycles. The van der Waals surface area contributed by atoms with Crippen LogP contribution >= 0.6 is 11.6 Å². The van der Waals surface area contributed by atoms with Crippen LogP contribution in [-0.4, -0.2) is 50.5 Å². The maximum Gasteiger partial charge on any atom is 0.389 e. The van der Waals surface area contributed by atoms with E-state index in [1.54, 1.807) is 26.5 Å². The number of hydrogen-bond acceptors (Lipinski definition) is 4. The number of likely N-dealkylation sites (tertiary alicyclic amines) is 1. The molecule has 7 nitrogen and oxygen atoms in total. The summed E-state index contributed by atoms with van der Waals surface area (Å²) in [5, 5.41) is 0.223. The number of amides is 2. The molecule has 0 unspecified atom stereocenters. The highest BCUT2D eigenvalue weighted by molar-refractivity contribution is 6.29. The van der Waals surface area contributed by atoms with Crippen molar-refractivity contribution < 1.29 is 22.8 Å². The molecular formula is C26H27ClF3N5O2. The van der Waals surface area contributed by atoms with Gasteiger partial charge in [-0.2, -0.15) is 13.2 Å². The Labute approximate surface area is 217 Å². The first-order valence-corrected chi connectivity index (χ1v) is 12.6. The van der Waals surface area contributed by atoms with Crippen LogP contribution in [0.3, 0.4) is 0 Å². The number of benzene rings is 1. The lowest BCUT2D eigenvalue weighted by atomic mass is 9.74. The average molecular weight is 534 g/mol. The minimum Gasteiger partial charge on any atom is -0.340 e. The van der Waals surface area contributed by atoms with Gasteiger partial charge in [-0.05, 0) is 36.1 Å². The maximum atomic E-state index is 13.9. The van der Waals surface area contributed by atoms with Gasteiger partial charge in [0.1, 0.15) is 16.4 Å². The highest BCUT2D eigenvalue weighted by Crippen LogP contribution is 2.48. The summed E-state index contributed by atoms with van der Waals surface area (Å²) in [6, 6.07) is 10.7. The van der Waals surface area contributed by atoms with Crippen molar-refractivity contribution >= 4 is 40.3 Å². The summed E-state index contributed by atoms with van der Waals surface area (Å²) < 4.78 is 40.2. The minimum atomic E-state index is -4.27. The Bertz CT molecular complexity index is 1360. The second-order valence-electron chi connectivity index (χ2n) is 10.2. The summed E-state index contributed by atoms with van der Waals surface area (Å²) >= 11 is 6.03. The fraction of sp³-hybridized carbons (Fsp3) is 0.462. The maximum absolute atomic E-state index is 13.9. The molecule has 1 aromatic carbocycles. The van der Waals surface area contributed by atoms with Gasteiger partial charge in [-0.3, -0.25) is 9.59 Å². The Hall–Kier alpha value is -3.14. The molecule has 2 aliphatic heterocycles. The number of fused-ring (bicyclic) bond motifs is 3. The van der Waals surface area contributed by atoms with Crippen LogP contribution in [0, 0.1) is 5.92 Å². The van der Waals surface area contributed by atoms with Gasteiger partial charge in [0.25, 0.3) is 0 Å². The molecule has 5 rings (SSSR count). The lowest BCUT2D eigenvalue weighted by Crippen LogP contribution is -2.65. The van der Waals surface area contributed by atoms with Gasteiger partial charge in [0.05, 0.1) is 12.1 Å². The van der Waals surface area contributed by atoms with E-state index in [0.29, 0.717) is 36.5 Å². The fourth-order valence-corrected chi connectivity index (χ4v) is 5.44. The molecule has 3 aromatic rings. The Morgan fingerprint density at radius 1 is 1.14 bits per heavy atom. The van der Waals surface area contributed by atoms with Gasteiger partial charge in [-0.25, -0.2) is 9.97 Å². The van der Waals surface area contributed by atoms with Crippen molar-refractivity contribution in [1.82, 2.24) is 19.4 Å². The molecule has 1 spiro atoms. The number of nitrogens with zero attached hydrogens (tertiary/aromatic N) is 5. The van der Waals surface area contributed by atoms with E-state index < -0.39 is 18.0 Å². The SMILES string of the molecule is CC(C)CC(=O)N1CC2(C1)C(=O)N(Cc1nc3nc(Cl)ccc3n1CCCC(F)(F)F)c1ccccc12. The molecule has 1 fully saturated rings. The number of carbonyl (C=O) groups excluding carboxylic acids is 2. The third-order valence-electron chi connectivity index (χ3n) is 7.02.